The quantitative estimate of drug-likeness (QED) is 0.858. The minimum absolute atomic E-state index is 0.0926. The van der Waals surface area contributed by atoms with Crippen LogP contribution in [0.3, 0.4) is 0 Å². The van der Waals surface area contributed by atoms with Crippen LogP contribution in [0.5, 0.6) is 11.5 Å². The molecule has 0 aliphatic carbocycles. The summed E-state index contributed by atoms with van der Waals surface area (Å²) < 4.78 is 5.08. The molecule has 0 radical (unpaired) electrons. The molecule has 2 rings (SSSR count). The van der Waals surface area contributed by atoms with E-state index in [1.54, 1.807) is 19.2 Å². The molecular weight excluding hydrogens is 224 g/mol. The van der Waals surface area contributed by atoms with Crippen molar-refractivity contribution in [1.29, 1.82) is 0 Å². The Kier molecular flexibility index (Phi) is 3.02. The third-order valence-electron chi connectivity index (χ3n) is 2.37. The van der Waals surface area contributed by atoms with Crippen molar-refractivity contribution in [2.45, 2.75) is 0 Å². The van der Waals surface area contributed by atoms with Crippen molar-refractivity contribution in [1.82, 2.24) is 0 Å². The molecule has 0 spiro atoms. The van der Waals surface area contributed by atoms with Gasteiger partial charge in [-0.05, 0) is 35.4 Å². The Labute approximate surface area is 99.1 Å². The zero-order valence-corrected chi connectivity index (χ0v) is 9.53. The third kappa shape index (κ3) is 2.12. The number of methoxy groups -OCH3 is 1. The molecule has 0 unspecified atom stereocenters. The molecule has 2 aromatic carbocycles. The zero-order chi connectivity index (χ0) is 11.5. The second-order valence-electron chi connectivity index (χ2n) is 3.39. The van der Waals surface area contributed by atoms with Gasteiger partial charge in [-0.2, -0.15) is 0 Å². The summed E-state index contributed by atoms with van der Waals surface area (Å²) in [4.78, 5) is 0. The van der Waals surface area contributed by atoms with E-state index in [4.69, 9.17) is 16.3 Å². The average molecular weight is 235 g/mol. The van der Waals surface area contributed by atoms with E-state index in [0.29, 0.717) is 5.02 Å². The number of ether oxygens (including phenoxy) is 1. The maximum atomic E-state index is 9.51. The summed E-state index contributed by atoms with van der Waals surface area (Å²) in [5.74, 6) is 0.900. The summed E-state index contributed by atoms with van der Waals surface area (Å²) in [5, 5.41) is 9.86. The van der Waals surface area contributed by atoms with Crippen LogP contribution in [0.25, 0.3) is 11.1 Å². The Morgan fingerprint density at radius 2 is 1.62 bits per heavy atom. The van der Waals surface area contributed by atoms with Crippen LogP contribution < -0.4 is 4.74 Å². The van der Waals surface area contributed by atoms with E-state index in [-0.39, 0.29) is 5.75 Å². The molecule has 0 saturated carbocycles. The van der Waals surface area contributed by atoms with Crippen molar-refractivity contribution < 1.29 is 9.84 Å². The number of phenolic OH excluding ortho intramolecular Hbond substituents is 1. The van der Waals surface area contributed by atoms with Crippen molar-refractivity contribution in [3.63, 3.8) is 0 Å². The number of benzene rings is 2. The van der Waals surface area contributed by atoms with E-state index in [1.165, 1.54) is 0 Å². The van der Waals surface area contributed by atoms with Crippen LogP contribution in [-0.2, 0) is 0 Å². The number of rotatable bonds is 2. The molecule has 1 N–H and O–H groups in total. The number of hydrogen-bond donors (Lipinski definition) is 1. The van der Waals surface area contributed by atoms with Crippen LogP contribution in [0.4, 0.5) is 0 Å². The van der Waals surface area contributed by atoms with Crippen LogP contribution in [0.2, 0.25) is 5.02 Å². The number of hydrogen-bond acceptors (Lipinski definition) is 2. The summed E-state index contributed by atoms with van der Waals surface area (Å²) in [7, 11) is 1.63. The predicted octanol–water partition coefficient (Wildman–Crippen LogP) is 3.72. The van der Waals surface area contributed by atoms with Crippen LogP contribution in [0.15, 0.2) is 42.5 Å². The largest absolute Gasteiger partial charge is 0.506 e. The normalized spacial score (nSPS) is 10.1. The highest BCUT2D eigenvalue weighted by molar-refractivity contribution is 6.32. The van der Waals surface area contributed by atoms with E-state index in [9.17, 15) is 5.11 Å². The lowest BCUT2D eigenvalue weighted by Gasteiger charge is -2.05. The van der Waals surface area contributed by atoms with Crippen molar-refractivity contribution >= 4 is 11.6 Å². The smallest absolute Gasteiger partial charge is 0.134 e. The van der Waals surface area contributed by atoms with E-state index in [2.05, 4.69) is 0 Å². The lowest BCUT2D eigenvalue weighted by molar-refractivity contribution is 0.415. The highest BCUT2D eigenvalue weighted by Gasteiger charge is 2.02. The molecule has 0 aliphatic heterocycles. The molecule has 0 heterocycles. The topological polar surface area (TPSA) is 29.5 Å². The molecule has 82 valence electrons. The number of aromatic hydroxyl groups is 1. The highest BCUT2D eigenvalue weighted by atomic mass is 35.5. The van der Waals surface area contributed by atoms with Gasteiger partial charge in [-0.15, -0.1) is 0 Å². The van der Waals surface area contributed by atoms with E-state index >= 15 is 0 Å². The summed E-state index contributed by atoms with van der Waals surface area (Å²) in [6.45, 7) is 0. The minimum Gasteiger partial charge on any atom is -0.506 e. The molecule has 0 bridgehead atoms. The number of halogens is 1. The van der Waals surface area contributed by atoms with Gasteiger partial charge in [0.2, 0.25) is 0 Å². The fourth-order valence-corrected chi connectivity index (χ4v) is 1.59. The highest BCUT2D eigenvalue weighted by Crippen LogP contribution is 2.30. The van der Waals surface area contributed by atoms with Crippen molar-refractivity contribution in [3.05, 3.63) is 47.5 Å². The van der Waals surface area contributed by atoms with Gasteiger partial charge in [0.1, 0.15) is 11.5 Å². The van der Waals surface area contributed by atoms with Crippen molar-refractivity contribution in [2.24, 2.45) is 0 Å². The van der Waals surface area contributed by atoms with Crippen molar-refractivity contribution in [3.8, 4) is 22.6 Å². The summed E-state index contributed by atoms with van der Waals surface area (Å²) in [6.07, 6.45) is 0. The van der Waals surface area contributed by atoms with E-state index in [0.717, 1.165) is 16.9 Å². The average Bonchev–Trinajstić information content (AvgIpc) is 2.33. The molecule has 0 aromatic heterocycles. The lowest BCUT2D eigenvalue weighted by Crippen LogP contribution is -1.82. The summed E-state index contributed by atoms with van der Waals surface area (Å²) in [5.41, 5.74) is 1.93. The standard InChI is InChI=1S/C13H11ClO2/c1-16-11-5-2-9(3-6-11)10-4-7-12(14)13(15)8-10/h2-8,15H,1H3. The van der Waals surface area contributed by atoms with Gasteiger partial charge in [-0.25, -0.2) is 0 Å². The zero-order valence-electron chi connectivity index (χ0n) is 8.77. The molecule has 2 nitrogen and oxygen atoms in total. The SMILES string of the molecule is COc1ccc(-c2ccc(Cl)c(O)c2)cc1. The molecule has 0 amide bonds. The van der Waals surface area contributed by atoms with Gasteiger partial charge in [0.15, 0.2) is 0 Å². The van der Waals surface area contributed by atoms with Gasteiger partial charge in [-0.1, -0.05) is 29.8 Å². The Hall–Kier alpha value is -1.67. The second kappa shape index (κ2) is 4.45. The molecule has 0 saturated heterocycles. The van der Waals surface area contributed by atoms with Crippen LogP contribution in [-0.4, -0.2) is 12.2 Å². The van der Waals surface area contributed by atoms with Crippen LogP contribution in [0.1, 0.15) is 0 Å². The van der Waals surface area contributed by atoms with E-state index < -0.39 is 0 Å². The Bertz CT molecular complexity index is 492. The first kappa shape index (κ1) is 10.8. The maximum Gasteiger partial charge on any atom is 0.134 e. The Balaban J connectivity index is 2.38. The van der Waals surface area contributed by atoms with Crippen LogP contribution in [0, 0.1) is 0 Å². The third-order valence-corrected chi connectivity index (χ3v) is 2.69. The maximum absolute atomic E-state index is 9.51. The molecule has 16 heavy (non-hydrogen) atoms. The molecule has 2 aromatic rings. The van der Waals surface area contributed by atoms with Gasteiger partial charge in [-0.3, -0.25) is 0 Å². The lowest BCUT2D eigenvalue weighted by atomic mass is 10.1. The number of phenols is 1. The summed E-state index contributed by atoms with van der Waals surface area (Å²) in [6, 6.07) is 12.8. The Morgan fingerprint density at radius 3 is 2.19 bits per heavy atom. The Morgan fingerprint density at radius 1 is 1.00 bits per heavy atom. The predicted molar refractivity (Wildman–Crippen MR) is 65.1 cm³/mol. The van der Waals surface area contributed by atoms with Gasteiger partial charge in [0.05, 0.1) is 12.1 Å². The molecule has 3 heteroatoms. The minimum atomic E-state index is 0.0926. The monoisotopic (exact) mass is 234 g/mol. The molecular formula is C13H11ClO2. The van der Waals surface area contributed by atoms with Gasteiger partial charge < -0.3 is 9.84 Å². The van der Waals surface area contributed by atoms with Gasteiger partial charge >= 0.3 is 0 Å². The fraction of sp³-hybridized carbons (Fsp3) is 0.0769. The second-order valence-corrected chi connectivity index (χ2v) is 3.80. The first-order valence-corrected chi connectivity index (χ1v) is 5.21. The van der Waals surface area contributed by atoms with E-state index in [1.807, 2.05) is 30.3 Å². The molecule has 0 fully saturated rings. The van der Waals surface area contributed by atoms with Gasteiger partial charge in [0, 0.05) is 0 Å². The van der Waals surface area contributed by atoms with Crippen LogP contribution >= 0.6 is 11.6 Å². The fourth-order valence-electron chi connectivity index (χ4n) is 1.48. The molecule has 0 aliphatic rings. The van der Waals surface area contributed by atoms with Gasteiger partial charge in [0.25, 0.3) is 0 Å². The first-order valence-electron chi connectivity index (χ1n) is 4.83. The first-order chi connectivity index (χ1) is 7.70. The molecule has 0 atom stereocenters. The van der Waals surface area contributed by atoms with Crippen molar-refractivity contribution in [2.75, 3.05) is 7.11 Å². The summed E-state index contributed by atoms with van der Waals surface area (Å²) >= 11 is 5.75.